The zero-order valence-corrected chi connectivity index (χ0v) is 11.5. The normalized spacial score (nSPS) is 10.7. The number of nitrogens with zero attached hydrogens (tertiary/aromatic N) is 3. The Hall–Kier alpha value is -2.56. The van der Waals surface area contributed by atoms with E-state index in [2.05, 4.69) is 15.4 Å². The predicted molar refractivity (Wildman–Crippen MR) is 78.8 cm³/mol. The van der Waals surface area contributed by atoms with Crippen molar-refractivity contribution < 1.29 is 4.74 Å². The highest BCUT2D eigenvalue weighted by Crippen LogP contribution is 2.29. The second-order valence-electron chi connectivity index (χ2n) is 4.55. The van der Waals surface area contributed by atoms with E-state index in [1.165, 1.54) is 0 Å². The molecule has 5 nitrogen and oxygen atoms in total. The summed E-state index contributed by atoms with van der Waals surface area (Å²) in [7, 11) is 3.58. The van der Waals surface area contributed by atoms with E-state index in [0.717, 1.165) is 28.0 Å². The van der Waals surface area contributed by atoms with Crippen LogP contribution in [0.4, 0.5) is 5.82 Å². The van der Waals surface area contributed by atoms with Gasteiger partial charge >= 0.3 is 0 Å². The van der Waals surface area contributed by atoms with Gasteiger partial charge in [0.25, 0.3) is 0 Å². The number of rotatable bonds is 4. The van der Waals surface area contributed by atoms with E-state index in [1.807, 2.05) is 43.6 Å². The molecule has 2 heterocycles. The summed E-state index contributed by atoms with van der Waals surface area (Å²) in [5, 5.41) is 9.76. The number of nitrogens with one attached hydrogen (secondary N) is 1. The average molecular weight is 268 g/mol. The molecular weight excluding hydrogens is 252 g/mol. The standard InChI is InChI=1S/C15H16N4O/c1-19-9-7-11(18-19)10-17-15-13-4-3-5-14(20-2)12(13)6-8-16-15/h3-9H,10H2,1-2H3,(H,16,17). The van der Waals surface area contributed by atoms with Crippen LogP contribution in [0.5, 0.6) is 5.75 Å². The third kappa shape index (κ3) is 2.30. The van der Waals surface area contributed by atoms with Crippen molar-refractivity contribution in [1.82, 2.24) is 14.8 Å². The molecule has 5 heteroatoms. The zero-order chi connectivity index (χ0) is 13.9. The molecule has 0 unspecified atom stereocenters. The van der Waals surface area contributed by atoms with Crippen LogP contribution in [0.3, 0.4) is 0 Å². The second-order valence-corrected chi connectivity index (χ2v) is 4.55. The van der Waals surface area contributed by atoms with Gasteiger partial charge in [-0.1, -0.05) is 12.1 Å². The van der Waals surface area contributed by atoms with E-state index in [9.17, 15) is 0 Å². The first-order valence-electron chi connectivity index (χ1n) is 6.42. The zero-order valence-electron chi connectivity index (χ0n) is 11.5. The fraction of sp³-hybridized carbons (Fsp3) is 0.200. The third-order valence-electron chi connectivity index (χ3n) is 3.19. The van der Waals surface area contributed by atoms with Crippen LogP contribution in [0.15, 0.2) is 42.7 Å². The lowest BCUT2D eigenvalue weighted by atomic mass is 10.1. The van der Waals surface area contributed by atoms with Gasteiger partial charge in [0.05, 0.1) is 19.3 Å². The van der Waals surface area contributed by atoms with E-state index < -0.39 is 0 Å². The quantitative estimate of drug-likeness (QED) is 0.790. The highest BCUT2D eigenvalue weighted by Gasteiger charge is 2.06. The molecule has 3 aromatic rings. The number of fused-ring (bicyclic) bond motifs is 1. The van der Waals surface area contributed by atoms with Gasteiger partial charge in [0, 0.05) is 30.2 Å². The molecule has 0 aliphatic rings. The molecule has 0 saturated heterocycles. The molecule has 3 rings (SSSR count). The molecule has 20 heavy (non-hydrogen) atoms. The summed E-state index contributed by atoms with van der Waals surface area (Å²) in [5.41, 5.74) is 0.981. The summed E-state index contributed by atoms with van der Waals surface area (Å²) in [6.07, 6.45) is 3.71. The molecule has 0 amide bonds. The SMILES string of the molecule is COc1cccc2c(NCc3ccn(C)n3)nccc12. The Morgan fingerprint density at radius 2 is 2.10 bits per heavy atom. The molecule has 0 saturated carbocycles. The molecule has 102 valence electrons. The van der Waals surface area contributed by atoms with Crippen LogP contribution in [0.1, 0.15) is 5.69 Å². The van der Waals surface area contributed by atoms with Gasteiger partial charge in [0.2, 0.25) is 0 Å². The molecule has 2 aromatic heterocycles. The van der Waals surface area contributed by atoms with Gasteiger partial charge in [-0.15, -0.1) is 0 Å². The number of ether oxygens (including phenoxy) is 1. The smallest absolute Gasteiger partial charge is 0.134 e. The molecule has 0 aliphatic carbocycles. The van der Waals surface area contributed by atoms with Crippen LogP contribution >= 0.6 is 0 Å². The Bertz CT molecular complexity index is 736. The highest BCUT2D eigenvalue weighted by atomic mass is 16.5. The first kappa shape index (κ1) is 12.5. The average Bonchev–Trinajstić information content (AvgIpc) is 2.90. The molecular formula is C15H16N4O. The van der Waals surface area contributed by atoms with E-state index >= 15 is 0 Å². The van der Waals surface area contributed by atoms with Crippen molar-refractivity contribution in [2.45, 2.75) is 6.54 Å². The highest BCUT2D eigenvalue weighted by molar-refractivity contribution is 5.95. The molecule has 1 N–H and O–H groups in total. The Kier molecular flexibility index (Phi) is 3.25. The molecule has 0 atom stereocenters. The van der Waals surface area contributed by atoms with Gasteiger partial charge in [0.1, 0.15) is 11.6 Å². The van der Waals surface area contributed by atoms with Crippen LogP contribution in [-0.2, 0) is 13.6 Å². The number of methoxy groups -OCH3 is 1. The number of hydrogen-bond acceptors (Lipinski definition) is 4. The maximum atomic E-state index is 5.38. The van der Waals surface area contributed by atoms with E-state index in [0.29, 0.717) is 6.54 Å². The number of benzene rings is 1. The molecule has 0 bridgehead atoms. The van der Waals surface area contributed by atoms with Gasteiger partial charge in [-0.3, -0.25) is 4.68 Å². The Morgan fingerprint density at radius 3 is 2.85 bits per heavy atom. The minimum atomic E-state index is 0.643. The lowest BCUT2D eigenvalue weighted by Crippen LogP contribution is -2.03. The molecule has 0 radical (unpaired) electrons. The summed E-state index contributed by atoms with van der Waals surface area (Å²) in [6, 6.07) is 9.89. The number of aromatic nitrogens is 3. The molecule has 0 fully saturated rings. The summed E-state index contributed by atoms with van der Waals surface area (Å²) < 4.78 is 7.17. The molecule has 1 aromatic carbocycles. The maximum Gasteiger partial charge on any atom is 0.134 e. The van der Waals surface area contributed by atoms with Crippen LogP contribution < -0.4 is 10.1 Å². The van der Waals surface area contributed by atoms with Crippen molar-refractivity contribution in [3.05, 3.63) is 48.4 Å². The lowest BCUT2D eigenvalue weighted by molar-refractivity contribution is 0.420. The summed E-state index contributed by atoms with van der Waals surface area (Å²) in [4.78, 5) is 4.40. The number of hydrogen-bond donors (Lipinski definition) is 1. The number of anilines is 1. The maximum absolute atomic E-state index is 5.38. The molecule has 0 spiro atoms. The summed E-state index contributed by atoms with van der Waals surface area (Å²) in [6.45, 7) is 0.643. The van der Waals surface area contributed by atoms with Crippen molar-refractivity contribution in [1.29, 1.82) is 0 Å². The fourth-order valence-electron chi connectivity index (χ4n) is 2.23. The summed E-state index contributed by atoms with van der Waals surface area (Å²) >= 11 is 0. The van der Waals surface area contributed by atoms with Gasteiger partial charge in [-0.2, -0.15) is 5.10 Å². The fourth-order valence-corrected chi connectivity index (χ4v) is 2.23. The Balaban J connectivity index is 1.91. The van der Waals surface area contributed by atoms with Crippen molar-refractivity contribution in [2.75, 3.05) is 12.4 Å². The van der Waals surface area contributed by atoms with Gasteiger partial charge in [0.15, 0.2) is 0 Å². The van der Waals surface area contributed by atoms with Gasteiger partial charge in [-0.25, -0.2) is 4.98 Å². The van der Waals surface area contributed by atoms with Crippen molar-refractivity contribution in [2.24, 2.45) is 7.05 Å². The number of pyridine rings is 1. The summed E-state index contributed by atoms with van der Waals surface area (Å²) in [5.74, 6) is 1.69. The van der Waals surface area contributed by atoms with Crippen molar-refractivity contribution in [3.63, 3.8) is 0 Å². The minimum Gasteiger partial charge on any atom is -0.496 e. The lowest BCUT2D eigenvalue weighted by Gasteiger charge is -2.10. The van der Waals surface area contributed by atoms with E-state index in [-0.39, 0.29) is 0 Å². The Labute approximate surface area is 117 Å². The van der Waals surface area contributed by atoms with Crippen LogP contribution in [0.2, 0.25) is 0 Å². The molecule has 0 aliphatic heterocycles. The van der Waals surface area contributed by atoms with Crippen molar-refractivity contribution >= 4 is 16.6 Å². The first-order chi connectivity index (χ1) is 9.78. The van der Waals surface area contributed by atoms with Crippen LogP contribution in [0, 0.1) is 0 Å². The topological polar surface area (TPSA) is 52.0 Å². The van der Waals surface area contributed by atoms with Crippen LogP contribution in [0.25, 0.3) is 10.8 Å². The second kappa shape index (κ2) is 5.21. The van der Waals surface area contributed by atoms with Gasteiger partial charge < -0.3 is 10.1 Å². The van der Waals surface area contributed by atoms with Crippen molar-refractivity contribution in [3.8, 4) is 5.75 Å². The number of aryl methyl sites for hydroxylation is 1. The van der Waals surface area contributed by atoms with Crippen LogP contribution in [-0.4, -0.2) is 21.9 Å². The third-order valence-corrected chi connectivity index (χ3v) is 3.19. The monoisotopic (exact) mass is 268 g/mol. The van der Waals surface area contributed by atoms with Gasteiger partial charge in [-0.05, 0) is 18.2 Å². The first-order valence-corrected chi connectivity index (χ1v) is 6.42. The minimum absolute atomic E-state index is 0.643. The van der Waals surface area contributed by atoms with E-state index in [1.54, 1.807) is 18.0 Å². The largest absolute Gasteiger partial charge is 0.496 e. The predicted octanol–water partition coefficient (Wildman–Crippen LogP) is 2.59. The van der Waals surface area contributed by atoms with E-state index in [4.69, 9.17) is 4.74 Å². The Morgan fingerprint density at radius 1 is 1.20 bits per heavy atom.